The highest BCUT2D eigenvalue weighted by Crippen LogP contribution is 2.25. The molecule has 178 valence electrons. The van der Waals surface area contributed by atoms with Gasteiger partial charge in [-0.15, -0.1) is 0 Å². The van der Waals surface area contributed by atoms with Crippen molar-refractivity contribution in [3.63, 3.8) is 0 Å². The molecule has 1 atom stereocenters. The zero-order valence-electron chi connectivity index (χ0n) is 19.0. The van der Waals surface area contributed by atoms with Crippen LogP contribution in [0.3, 0.4) is 0 Å². The zero-order valence-corrected chi connectivity index (χ0v) is 19.0. The third-order valence-electron chi connectivity index (χ3n) is 5.76. The van der Waals surface area contributed by atoms with Crippen molar-refractivity contribution in [2.75, 3.05) is 55.1 Å². The lowest BCUT2D eigenvalue weighted by Crippen LogP contribution is -2.41. The minimum atomic E-state index is -0.756. The molecule has 10 nitrogen and oxygen atoms in total. The van der Waals surface area contributed by atoms with Crippen LogP contribution in [0.5, 0.6) is 0 Å². The van der Waals surface area contributed by atoms with E-state index in [1.807, 2.05) is 42.5 Å². The van der Waals surface area contributed by atoms with Crippen molar-refractivity contribution in [2.24, 2.45) is 10.8 Å². The molecular formula is C24H28N6O4. The Morgan fingerprint density at radius 2 is 1.74 bits per heavy atom. The number of hydrogen-bond donors (Lipinski definition) is 2. The van der Waals surface area contributed by atoms with Crippen LogP contribution >= 0.6 is 0 Å². The number of carbonyl (C=O) groups excluding carboxylic acids is 3. The molecule has 0 saturated carbocycles. The fourth-order valence-electron chi connectivity index (χ4n) is 3.96. The zero-order chi connectivity index (χ0) is 24.1. The van der Waals surface area contributed by atoms with Crippen LogP contribution in [0.4, 0.5) is 17.1 Å². The molecule has 0 spiro atoms. The molecule has 1 saturated heterocycles. The normalized spacial score (nSPS) is 17.8. The van der Waals surface area contributed by atoms with E-state index in [1.165, 1.54) is 17.0 Å². The maximum Gasteiger partial charge on any atom is 0.270 e. The van der Waals surface area contributed by atoms with Crippen molar-refractivity contribution in [1.82, 2.24) is 4.90 Å². The molecule has 2 aromatic carbocycles. The van der Waals surface area contributed by atoms with Gasteiger partial charge in [0.05, 0.1) is 25.4 Å². The van der Waals surface area contributed by atoms with Crippen molar-refractivity contribution >= 4 is 40.5 Å². The third-order valence-corrected chi connectivity index (χ3v) is 5.76. The second-order valence-electron chi connectivity index (χ2n) is 8.20. The summed E-state index contributed by atoms with van der Waals surface area (Å²) in [5.74, 6) is -1.33. The monoisotopic (exact) mass is 464 g/mol. The Bertz CT molecular complexity index is 1070. The van der Waals surface area contributed by atoms with Gasteiger partial charge in [-0.2, -0.15) is 5.10 Å². The second kappa shape index (κ2) is 10.3. The number of likely N-dealkylation sites (N-methyl/N-ethyl adjacent to an activating group) is 1. The van der Waals surface area contributed by atoms with Crippen LogP contribution in [0.25, 0.3) is 0 Å². The molecule has 3 N–H and O–H groups in total. The van der Waals surface area contributed by atoms with Gasteiger partial charge in [0, 0.05) is 37.9 Å². The van der Waals surface area contributed by atoms with Gasteiger partial charge in [0.15, 0.2) is 0 Å². The molecule has 1 fully saturated rings. The smallest absolute Gasteiger partial charge is 0.270 e. The summed E-state index contributed by atoms with van der Waals surface area (Å²) in [6, 6.07) is 15.9. The van der Waals surface area contributed by atoms with Crippen LogP contribution in [0.1, 0.15) is 6.42 Å². The van der Waals surface area contributed by atoms with Gasteiger partial charge in [-0.05, 0) is 36.4 Å². The van der Waals surface area contributed by atoms with Gasteiger partial charge in [-0.25, -0.2) is 0 Å². The molecule has 0 aliphatic carbocycles. The van der Waals surface area contributed by atoms with Gasteiger partial charge >= 0.3 is 0 Å². The van der Waals surface area contributed by atoms with E-state index in [1.54, 1.807) is 12.1 Å². The number of rotatable bonds is 7. The van der Waals surface area contributed by atoms with Gasteiger partial charge in [0.25, 0.3) is 5.91 Å². The number of hydrogen-bond acceptors (Lipinski definition) is 7. The SMILES string of the molecule is CN(CC(=O)Nc1ccc(N2CCOCC2)cc1)C(=O)C1=NN(c2ccccc2)C(C(N)=O)C1. The van der Waals surface area contributed by atoms with Gasteiger partial charge in [-0.3, -0.25) is 19.4 Å². The van der Waals surface area contributed by atoms with E-state index in [0.29, 0.717) is 24.6 Å². The van der Waals surface area contributed by atoms with E-state index in [4.69, 9.17) is 10.5 Å². The number of nitrogens with two attached hydrogens (primary N) is 1. The van der Waals surface area contributed by atoms with Crippen LogP contribution in [0.15, 0.2) is 59.7 Å². The minimum absolute atomic E-state index is 0.0814. The van der Waals surface area contributed by atoms with E-state index < -0.39 is 17.9 Å². The summed E-state index contributed by atoms with van der Waals surface area (Å²) >= 11 is 0. The van der Waals surface area contributed by atoms with Crippen molar-refractivity contribution in [3.8, 4) is 0 Å². The molecule has 2 heterocycles. The molecular weight excluding hydrogens is 436 g/mol. The molecule has 10 heteroatoms. The number of amides is 3. The van der Waals surface area contributed by atoms with Crippen LogP contribution in [0.2, 0.25) is 0 Å². The highest BCUT2D eigenvalue weighted by Gasteiger charge is 2.36. The molecule has 4 rings (SSSR count). The summed E-state index contributed by atoms with van der Waals surface area (Å²) in [7, 11) is 1.52. The van der Waals surface area contributed by atoms with Crippen LogP contribution in [-0.2, 0) is 19.1 Å². The Kier molecular flexibility index (Phi) is 7.07. The molecule has 2 aliphatic heterocycles. The Morgan fingerprint density at radius 3 is 2.38 bits per heavy atom. The van der Waals surface area contributed by atoms with Crippen LogP contribution < -0.4 is 21.0 Å². The lowest BCUT2D eigenvalue weighted by Gasteiger charge is -2.28. The van der Waals surface area contributed by atoms with E-state index in [9.17, 15) is 14.4 Å². The number of hydrazone groups is 1. The lowest BCUT2D eigenvalue weighted by molar-refractivity contribution is -0.127. The fraction of sp³-hybridized carbons (Fsp3) is 0.333. The molecule has 3 amide bonds. The Morgan fingerprint density at radius 1 is 1.06 bits per heavy atom. The van der Waals surface area contributed by atoms with E-state index >= 15 is 0 Å². The second-order valence-corrected chi connectivity index (χ2v) is 8.20. The largest absolute Gasteiger partial charge is 0.378 e. The molecule has 0 radical (unpaired) electrons. The fourth-order valence-corrected chi connectivity index (χ4v) is 3.96. The van der Waals surface area contributed by atoms with E-state index in [2.05, 4.69) is 15.3 Å². The van der Waals surface area contributed by atoms with E-state index in [-0.39, 0.29) is 24.6 Å². The van der Waals surface area contributed by atoms with E-state index in [0.717, 1.165) is 18.8 Å². The highest BCUT2D eigenvalue weighted by atomic mass is 16.5. The predicted molar refractivity (Wildman–Crippen MR) is 130 cm³/mol. The summed E-state index contributed by atoms with van der Waals surface area (Å²) in [5.41, 5.74) is 8.09. The Hall–Kier alpha value is -3.92. The molecule has 34 heavy (non-hydrogen) atoms. The van der Waals surface area contributed by atoms with Crippen LogP contribution in [0, 0.1) is 0 Å². The molecule has 2 aromatic rings. The van der Waals surface area contributed by atoms with Gasteiger partial charge in [-0.1, -0.05) is 18.2 Å². The van der Waals surface area contributed by atoms with Crippen molar-refractivity contribution in [3.05, 3.63) is 54.6 Å². The average molecular weight is 465 g/mol. The minimum Gasteiger partial charge on any atom is -0.378 e. The topological polar surface area (TPSA) is 121 Å². The number of benzene rings is 2. The molecule has 0 bridgehead atoms. The predicted octanol–water partition coefficient (Wildman–Crippen LogP) is 1.04. The summed E-state index contributed by atoms with van der Waals surface area (Å²) in [5, 5.41) is 8.61. The summed E-state index contributed by atoms with van der Waals surface area (Å²) < 4.78 is 5.37. The van der Waals surface area contributed by atoms with Gasteiger partial charge < -0.3 is 25.6 Å². The number of nitrogens with one attached hydrogen (secondary N) is 1. The van der Waals surface area contributed by atoms with Gasteiger partial charge in [0.1, 0.15) is 11.8 Å². The third kappa shape index (κ3) is 5.34. The van der Waals surface area contributed by atoms with Crippen molar-refractivity contribution < 1.29 is 19.1 Å². The first-order chi connectivity index (χ1) is 16.4. The number of carbonyl (C=O) groups is 3. The van der Waals surface area contributed by atoms with Crippen LogP contribution in [-0.4, -0.2) is 74.3 Å². The highest BCUT2D eigenvalue weighted by molar-refractivity contribution is 6.40. The van der Waals surface area contributed by atoms with Crippen molar-refractivity contribution in [2.45, 2.75) is 12.5 Å². The number of anilines is 3. The lowest BCUT2D eigenvalue weighted by atomic mass is 10.1. The number of para-hydroxylation sites is 1. The average Bonchev–Trinajstić information content (AvgIpc) is 3.31. The Labute approximate surface area is 197 Å². The molecule has 1 unspecified atom stereocenters. The summed E-state index contributed by atoms with van der Waals surface area (Å²) in [6.07, 6.45) is 0.0814. The number of morpholine rings is 1. The maximum absolute atomic E-state index is 12.9. The summed E-state index contributed by atoms with van der Waals surface area (Å²) in [4.78, 5) is 40.9. The van der Waals surface area contributed by atoms with Crippen molar-refractivity contribution in [1.29, 1.82) is 0 Å². The standard InChI is InChI=1S/C24H28N6O4/c1-28(16-22(31)26-17-7-9-18(10-8-17)29-11-13-34-14-12-29)24(33)20-15-21(23(25)32)30(27-20)19-5-3-2-4-6-19/h2-10,21H,11-16H2,1H3,(H2,25,32)(H,26,31). The first-order valence-electron chi connectivity index (χ1n) is 11.1. The molecule has 0 aromatic heterocycles. The quantitative estimate of drug-likeness (QED) is 0.632. The molecule has 2 aliphatic rings. The first kappa shape index (κ1) is 23.2. The number of nitrogens with zero attached hydrogens (tertiary/aromatic N) is 4. The van der Waals surface area contributed by atoms with Gasteiger partial charge in [0.2, 0.25) is 11.8 Å². The Balaban J connectivity index is 1.35. The summed E-state index contributed by atoms with van der Waals surface area (Å²) in [6.45, 7) is 2.91. The number of primary amides is 1. The first-order valence-corrected chi connectivity index (χ1v) is 11.1. The maximum atomic E-state index is 12.9. The number of ether oxygens (including phenoxy) is 1.